The molecule has 1 heterocycles. The zero-order chi connectivity index (χ0) is 19.3. The van der Waals surface area contributed by atoms with Gasteiger partial charge in [0.1, 0.15) is 5.66 Å². The van der Waals surface area contributed by atoms with E-state index in [-0.39, 0.29) is 18.4 Å². The number of aryl methyl sites for hydroxylation is 1. The molecule has 0 unspecified atom stereocenters. The zero-order valence-electron chi connectivity index (χ0n) is 17.4. The molecule has 0 atom stereocenters. The van der Waals surface area contributed by atoms with E-state index in [0.717, 1.165) is 18.0 Å². The summed E-state index contributed by atoms with van der Waals surface area (Å²) in [6.07, 6.45) is 13.7. The number of rotatable bonds is 7. The Kier molecular flexibility index (Phi) is 8.17. The molecule has 1 aromatic rings. The second-order valence-corrected chi connectivity index (χ2v) is 8.54. The molecule has 28 heavy (non-hydrogen) atoms. The molecule has 0 radical (unpaired) electrons. The van der Waals surface area contributed by atoms with Crippen LogP contribution in [0.2, 0.25) is 0 Å². The summed E-state index contributed by atoms with van der Waals surface area (Å²) in [5.41, 5.74) is 13.8. The van der Waals surface area contributed by atoms with Gasteiger partial charge in [0.05, 0.1) is 0 Å². The number of nitrogens with two attached hydrogens (primary N) is 2. The van der Waals surface area contributed by atoms with Crippen LogP contribution in [0.1, 0.15) is 77.2 Å². The van der Waals surface area contributed by atoms with Crippen molar-refractivity contribution in [2.75, 3.05) is 4.90 Å². The number of nitrogens with zero attached hydrogens (tertiary/aromatic N) is 3. The normalized spacial score (nSPS) is 19.6. The fourth-order valence-corrected chi connectivity index (χ4v) is 4.52. The average Bonchev–Trinajstić information content (AvgIpc) is 2.61. The summed E-state index contributed by atoms with van der Waals surface area (Å²) in [6.45, 7) is 4.00. The van der Waals surface area contributed by atoms with E-state index in [1.54, 1.807) is 0 Å². The molecule has 2 aliphatic rings. The lowest BCUT2D eigenvalue weighted by Gasteiger charge is -2.38. The van der Waals surface area contributed by atoms with Gasteiger partial charge in [-0.1, -0.05) is 63.5 Å². The van der Waals surface area contributed by atoms with Gasteiger partial charge in [0, 0.05) is 5.69 Å². The highest BCUT2D eigenvalue weighted by Gasteiger charge is 2.32. The summed E-state index contributed by atoms with van der Waals surface area (Å²) in [5.74, 6) is 1.64. The largest absolute Gasteiger partial charge is 0.369 e. The molecule has 0 saturated heterocycles. The number of hydrogen-bond acceptors (Lipinski definition) is 5. The zero-order valence-corrected chi connectivity index (χ0v) is 18.2. The van der Waals surface area contributed by atoms with Crippen LogP contribution in [0, 0.1) is 5.92 Å². The lowest BCUT2D eigenvalue weighted by Crippen LogP contribution is -2.54. The van der Waals surface area contributed by atoms with Gasteiger partial charge < -0.3 is 11.5 Å². The van der Waals surface area contributed by atoms with E-state index in [2.05, 4.69) is 34.3 Å². The fraction of sp³-hybridized carbons (Fsp3) is 0.636. The third-order valence-electron chi connectivity index (χ3n) is 5.86. The smallest absolute Gasteiger partial charge is 0.220 e. The van der Waals surface area contributed by atoms with Crippen molar-refractivity contribution in [3.63, 3.8) is 0 Å². The SMILES string of the molecule is CC1(C)N=C(N)N=C(N)N1c1cccc(CCCCCC2CCCCC2)c1.Cl. The first-order chi connectivity index (χ1) is 13.0. The van der Waals surface area contributed by atoms with E-state index in [1.807, 2.05) is 18.7 Å². The molecule has 0 aromatic heterocycles. The van der Waals surface area contributed by atoms with Crippen molar-refractivity contribution in [3.8, 4) is 0 Å². The maximum atomic E-state index is 6.15. The predicted molar refractivity (Wildman–Crippen MR) is 122 cm³/mol. The summed E-state index contributed by atoms with van der Waals surface area (Å²) in [4.78, 5) is 10.5. The lowest BCUT2D eigenvalue weighted by molar-refractivity contribution is 0.328. The van der Waals surface area contributed by atoms with Crippen LogP contribution in [-0.2, 0) is 6.42 Å². The third kappa shape index (κ3) is 5.87. The molecule has 156 valence electrons. The van der Waals surface area contributed by atoms with Gasteiger partial charge in [0.2, 0.25) is 11.9 Å². The van der Waals surface area contributed by atoms with Gasteiger partial charge in [-0.25, -0.2) is 4.99 Å². The monoisotopic (exact) mass is 405 g/mol. The molecule has 1 aromatic carbocycles. The van der Waals surface area contributed by atoms with Crippen LogP contribution < -0.4 is 16.4 Å². The molecular formula is C22H36ClN5. The molecule has 5 nitrogen and oxygen atoms in total. The van der Waals surface area contributed by atoms with Crippen LogP contribution in [0.3, 0.4) is 0 Å². The van der Waals surface area contributed by atoms with Crippen LogP contribution in [0.25, 0.3) is 0 Å². The van der Waals surface area contributed by atoms with Crippen molar-refractivity contribution in [2.45, 2.75) is 83.7 Å². The molecule has 0 amide bonds. The van der Waals surface area contributed by atoms with Crippen molar-refractivity contribution < 1.29 is 0 Å². The summed E-state index contributed by atoms with van der Waals surface area (Å²) >= 11 is 0. The molecule has 1 saturated carbocycles. The first kappa shape index (κ1) is 22.5. The molecule has 0 bridgehead atoms. The van der Waals surface area contributed by atoms with Crippen molar-refractivity contribution >= 4 is 30.0 Å². The molecule has 1 aliphatic heterocycles. The molecule has 4 N–H and O–H groups in total. The highest BCUT2D eigenvalue weighted by molar-refractivity contribution is 6.05. The first-order valence-electron chi connectivity index (χ1n) is 10.5. The van der Waals surface area contributed by atoms with Crippen LogP contribution in [0.5, 0.6) is 0 Å². The molecule has 3 rings (SSSR count). The van der Waals surface area contributed by atoms with Crippen LogP contribution in [0.4, 0.5) is 5.69 Å². The van der Waals surface area contributed by atoms with E-state index >= 15 is 0 Å². The highest BCUT2D eigenvalue weighted by atomic mass is 35.5. The van der Waals surface area contributed by atoms with E-state index in [4.69, 9.17) is 11.5 Å². The molecule has 1 aliphatic carbocycles. The molecule has 6 heteroatoms. The second-order valence-electron chi connectivity index (χ2n) is 8.54. The number of anilines is 1. The number of unbranched alkanes of at least 4 members (excludes halogenated alkanes) is 2. The lowest BCUT2D eigenvalue weighted by atomic mass is 9.85. The number of halogens is 1. The Balaban J connectivity index is 0.00000280. The topological polar surface area (TPSA) is 80.0 Å². The van der Waals surface area contributed by atoms with Crippen molar-refractivity contribution in [1.82, 2.24) is 0 Å². The minimum Gasteiger partial charge on any atom is -0.369 e. The van der Waals surface area contributed by atoms with Gasteiger partial charge in [-0.15, -0.1) is 12.4 Å². The summed E-state index contributed by atoms with van der Waals surface area (Å²) < 4.78 is 0. The Morgan fingerprint density at radius 3 is 2.54 bits per heavy atom. The van der Waals surface area contributed by atoms with E-state index in [9.17, 15) is 0 Å². The van der Waals surface area contributed by atoms with Gasteiger partial charge in [0.25, 0.3) is 0 Å². The first-order valence-corrected chi connectivity index (χ1v) is 10.5. The Morgan fingerprint density at radius 2 is 1.82 bits per heavy atom. The van der Waals surface area contributed by atoms with Crippen LogP contribution >= 0.6 is 12.4 Å². The molecular weight excluding hydrogens is 370 g/mol. The van der Waals surface area contributed by atoms with E-state index in [1.165, 1.54) is 63.4 Å². The number of guanidine groups is 2. The Labute approximate surface area is 176 Å². The Morgan fingerprint density at radius 1 is 1.07 bits per heavy atom. The van der Waals surface area contributed by atoms with E-state index in [0.29, 0.717) is 5.96 Å². The van der Waals surface area contributed by atoms with Crippen molar-refractivity contribution in [3.05, 3.63) is 29.8 Å². The molecule has 0 spiro atoms. The van der Waals surface area contributed by atoms with Crippen molar-refractivity contribution in [2.24, 2.45) is 27.4 Å². The number of aliphatic imine (C=N–C) groups is 2. The van der Waals surface area contributed by atoms with Gasteiger partial charge in [-0.05, 0) is 50.3 Å². The van der Waals surface area contributed by atoms with Crippen molar-refractivity contribution in [1.29, 1.82) is 0 Å². The summed E-state index contributed by atoms with van der Waals surface area (Å²) in [6, 6.07) is 8.57. The third-order valence-corrected chi connectivity index (χ3v) is 5.86. The maximum absolute atomic E-state index is 6.15. The van der Waals surface area contributed by atoms with Crippen LogP contribution in [0.15, 0.2) is 34.3 Å². The number of hydrogen-bond donors (Lipinski definition) is 2. The standard InChI is InChI=1S/C22H35N5.ClH/c1-22(2)26-20(23)25-21(24)27(22)19-15-9-14-18(16-19)13-8-4-7-12-17-10-5-3-6-11-17;/h9,14-17H,3-8,10-13H2,1-2H3,(H4,23,24,25,26);1H. The Hall–Kier alpha value is -1.75. The van der Waals surface area contributed by atoms with Crippen LogP contribution in [-0.4, -0.2) is 17.6 Å². The predicted octanol–water partition coefficient (Wildman–Crippen LogP) is 4.98. The Bertz CT molecular complexity index is 692. The minimum absolute atomic E-state index is 0. The second kappa shape index (κ2) is 10.1. The molecule has 1 fully saturated rings. The van der Waals surface area contributed by atoms with E-state index < -0.39 is 5.66 Å². The van der Waals surface area contributed by atoms with Gasteiger partial charge in [-0.3, -0.25) is 4.90 Å². The fourth-order valence-electron chi connectivity index (χ4n) is 4.52. The maximum Gasteiger partial charge on any atom is 0.220 e. The highest BCUT2D eigenvalue weighted by Crippen LogP contribution is 2.29. The van der Waals surface area contributed by atoms with Gasteiger partial charge in [-0.2, -0.15) is 4.99 Å². The number of benzene rings is 1. The average molecular weight is 406 g/mol. The summed E-state index contributed by atoms with van der Waals surface area (Å²) in [7, 11) is 0. The summed E-state index contributed by atoms with van der Waals surface area (Å²) in [5, 5.41) is 0. The quantitative estimate of drug-likeness (QED) is 0.628. The van der Waals surface area contributed by atoms with Gasteiger partial charge >= 0.3 is 0 Å². The minimum atomic E-state index is -0.533. The van der Waals surface area contributed by atoms with Gasteiger partial charge in [0.15, 0.2) is 0 Å².